The average molecular weight is 333 g/mol. The Balaban J connectivity index is 2.11. The maximum absolute atomic E-state index is 12.2. The van der Waals surface area contributed by atoms with E-state index in [-0.39, 0.29) is 16.3 Å². The normalized spacial score (nSPS) is 26.7. The molecule has 1 aliphatic carbocycles. The summed E-state index contributed by atoms with van der Waals surface area (Å²) >= 11 is 0.864. The van der Waals surface area contributed by atoms with E-state index >= 15 is 0 Å². The monoisotopic (exact) mass is 333 g/mol. The minimum atomic E-state index is -3.93. The second-order valence-corrected chi connectivity index (χ2v) is 8.32. The first-order valence-corrected chi connectivity index (χ1v) is 9.13. The number of carboxylic acid groups (broad SMARTS) is 1. The van der Waals surface area contributed by atoms with E-state index in [2.05, 4.69) is 4.72 Å². The number of sulfonamides is 1. The van der Waals surface area contributed by atoms with Gasteiger partial charge in [0.15, 0.2) is 0 Å². The summed E-state index contributed by atoms with van der Waals surface area (Å²) < 4.78 is 26.8. The molecule has 0 bridgehead atoms. The minimum absolute atomic E-state index is 0.0887. The molecule has 0 aromatic carbocycles. The van der Waals surface area contributed by atoms with Crippen molar-refractivity contribution in [2.45, 2.75) is 43.1 Å². The Kier molecular flexibility index (Phi) is 4.72. The van der Waals surface area contributed by atoms with Gasteiger partial charge in [0.25, 0.3) is 0 Å². The number of hydrogen-bond donors (Lipinski definition) is 3. The minimum Gasteiger partial charge on any atom is -0.477 e. The molecule has 2 unspecified atom stereocenters. The molecule has 0 amide bonds. The zero-order valence-electron chi connectivity index (χ0n) is 11.7. The smallest absolute Gasteiger partial charge is 0.347 e. The Morgan fingerprint density at radius 3 is 2.90 bits per heavy atom. The van der Waals surface area contributed by atoms with E-state index in [0.29, 0.717) is 18.8 Å². The maximum Gasteiger partial charge on any atom is 0.347 e. The summed E-state index contributed by atoms with van der Waals surface area (Å²) in [7, 11) is -3.93. The van der Waals surface area contributed by atoms with Gasteiger partial charge >= 0.3 is 5.97 Å². The molecule has 21 heavy (non-hydrogen) atoms. The maximum atomic E-state index is 12.2. The number of carbonyl (C=O) groups is 1. The molecule has 0 spiro atoms. The van der Waals surface area contributed by atoms with Crippen molar-refractivity contribution in [1.29, 1.82) is 0 Å². The van der Waals surface area contributed by atoms with Gasteiger partial charge in [-0.05, 0) is 30.2 Å². The van der Waals surface area contributed by atoms with Gasteiger partial charge in [0.05, 0.1) is 5.60 Å². The Hall–Kier alpha value is -0.960. The van der Waals surface area contributed by atoms with Gasteiger partial charge in [-0.2, -0.15) is 0 Å². The third-order valence-corrected chi connectivity index (χ3v) is 6.25. The molecule has 0 saturated heterocycles. The SMILES string of the molecule is CC1CCCC(O)(CNS(=O)(=O)c2ccsc2C(=O)O)C1. The number of thiophene rings is 1. The van der Waals surface area contributed by atoms with Crippen molar-refractivity contribution in [2.24, 2.45) is 5.92 Å². The highest BCUT2D eigenvalue weighted by Gasteiger charge is 2.34. The van der Waals surface area contributed by atoms with E-state index < -0.39 is 21.6 Å². The first kappa shape index (κ1) is 16.4. The van der Waals surface area contributed by atoms with Crippen LogP contribution in [0.5, 0.6) is 0 Å². The topological polar surface area (TPSA) is 104 Å². The molecule has 0 aliphatic heterocycles. The predicted octanol–water partition coefficient (Wildman–Crippen LogP) is 1.67. The summed E-state index contributed by atoms with van der Waals surface area (Å²) in [4.78, 5) is 10.6. The summed E-state index contributed by atoms with van der Waals surface area (Å²) in [6.07, 6.45) is 2.99. The average Bonchev–Trinajstić information content (AvgIpc) is 2.86. The summed E-state index contributed by atoms with van der Waals surface area (Å²) in [5.41, 5.74) is -1.05. The fourth-order valence-corrected chi connectivity index (χ4v) is 5.14. The molecule has 2 rings (SSSR count). The fourth-order valence-electron chi connectivity index (χ4n) is 2.77. The number of rotatable bonds is 5. The molecule has 1 aliphatic rings. The van der Waals surface area contributed by atoms with Crippen molar-refractivity contribution in [2.75, 3.05) is 6.54 Å². The van der Waals surface area contributed by atoms with Crippen molar-refractivity contribution in [1.82, 2.24) is 4.72 Å². The largest absolute Gasteiger partial charge is 0.477 e. The van der Waals surface area contributed by atoms with E-state index in [4.69, 9.17) is 5.11 Å². The van der Waals surface area contributed by atoms with E-state index in [1.807, 2.05) is 6.92 Å². The van der Waals surface area contributed by atoms with Crippen molar-refractivity contribution >= 4 is 27.3 Å². The van der Waals surface area contributed by atoms with Crippen LogP contribution in [0.3, 0.4) is 0 Å². The van der Waals surface area contributed by atoms with Crippen LogP contribution in [0.15, 0.2) is 16.3 Å². The number of carboxylic acids is 1. The lowest BCUT2D eigenvalue weighted by Crippen LogP contribution is -2.45. The Morgan fingerprint density at radius 2 is 2.29 bits per heavy atom. The molecule has 2 atom stereocenters. The molecular weight excluding hydrogens is 314 g/mol. The third kappa shape index (κ3) is 3.82. The zero-order valence-corrected chi connectivity index (χ0v) is 13.3. The quantitative estimate of drug-likeness (QED) is 0.760. The number of aliphatic hydroxyl groups is 1. The standard InChI is InChI=1S/C13H19NO5S2/c1-9-3-2-5-13(17,7-9)8-14-21(18,19)10-4-6-20-11(10)12(15)16/h4,6,9,14,17H,2-3,5,7-8H2,1H3,(H,15,16). The van der Waals surface area contributed by atoms with Gasteiger partial charge in [-0.25, -0.2) is 17.9 Å². The van der Waals surface area contributed by atoms with Gasteiger partial charge in [0.1, 0.15) is 9.77 Å². The first-order chi connectivity index (χ1) is 9.73. The molecule has 6 nitrogen and oxygen atoms in total. The van der Waals surface area contributed by atoms with Crippen LogP contribution in [0.1, 0.15) is 42.3 Å². The molecule has 1 saturated carbocycles. The summed E-state index contributed by atoms with van der Waals surface area (Å²) in [5, 5.41) is 20.9. The molecule has 0 radical (unpaired) electrons. The molecule has 1 aromatic rings. The van der Waals surface area contributed by atoms with Crippen LogP contribution >= 0.6 is 11.3 Å². The van der Waals surface area contributed by atoms with Crippen LogP contribution in [0.25, 0.3) is 0 Å². The van der Waals surface area contributed by atoms with E-state index in [0.717, 1.165) is 24.2 Å². The van der Waals surface area contributed by atoms with Crippen LogP contribution in [-0.4, -0.2) is 36.7 Å². The molecule has 1 heterocycles. The summed E-state index contributed by atoms with van der Waals surface area (Å²) in [6.45, 7) is 1.94. The van der Waals surface area contributed by atoms with Crippen molar-refractivity contribution in [3.05, 3.63) is 16.3 Å². The zero-order chi connectivity index (χ0) is 15.7. The molecule has 1 aromatic heterocycles. The van der Waals surface area contributed by atoms with Crippen LogP contribution in [0.4, 0.5) is 0 Å². The lowest BCUT2D eigenvalue weighted by molar-refractivity contribution is -0.00751. The Bertz CT molecular complexity index is 624. The van der Waals surface area contributed by atoms with Crippen LogP contribution < -0.4 is 4.72 Å². The number of hydrogen-bond acceptors (Lipinski definition) is 5. The molecule has 1 fully saturated rings. The summed E-state index contributed by atoms with van der Waals surface area (Å²) in [5.74, 6) is -0.917. The fraction of sp³-hybridized carbons (Fsp3) is 0.615. The highest BCUT2D eigenvalue weighted by molar-refractivity contribution is 7.89. The Morgan fingerprint density at radius 1 is 1.57 bits per heavy atom. The van der Waals surface area contributed by atoms with Crippen molar-refractivity contribution < 1.29 is 23.4 Å². The lowest BCUT2D eigenvalue weighted by Gasteiger charge is -2.35. The highest BCUT2D eigenvalue weighted by atomic mass is 32.2. The molecule has 118 valence electrons. The van der Waals surface area contributed by atoms with Gasteiger partial charge in [0.2, 0.25) is 10.0 Å². The van der Waals surface area contributed by atoms with Crippen LogP contribution in [0, 0.1) is 5.92 Å². The molecule has 8 heteroatoms. The summed E-state index contributed by atoms with van der Waals surface area (Å²) in [6, 6.07) is 1.27. The lowest BCUT2D eigenvalue weighted by atomic mass is 9.79. The number of nitrogens with one attached hydrogen (secondary N) is 1. The van der Waals surface area contributed by atoms with Crippen LogP contribution in [-0.2, 0) is 10.0 Å². The van der Waals surface area contributed by atoms with Gasteiger partial charge in [-0.3, -0.25) is 0 Å². The first-order valence-electron chi connectivity index (χ1n) is 6.76. The van der Waals surface area contributed by atoms with Gasteiger partial charge in [-0.1, -0.05) is 19.8 Å². The number of aromatic carboxylic acids is 1. The second-order valence-electron chi connectivity index (χ2n) is 5.67. The third-order valence-electron chi connectivity index (χ3n) is 3.77. The van der Waals surface area contributed by atoms with Gasteiger partial charge < -0.3 is 10.2 Å². The van der Waals surface area contributed by atoms with Crippen molar-refractivity contribution in [3.8, 4) is 0 Å². The van der Waals surface area contributed by atoms with E-state index in [1.54, 1.807) is 0 Å². The predicted molar refractivity (Wildman–Crippen MR) is 79.0 cm³/mol. The van der Waals surface area contributed by atoms with Crippen molar-refractivity contribution in [3.63, 3.8) is 0 Å². The van der Waals surface area contributed by atoms with Gasteiger partial charge in [-0.15, -0.1) is 11.3 Å². The van der Waals surface area contributed by atoms with E-state index in [9.17, 15) is 18.3 Å². The molecular formula is C13H19NO5S2. The molecule has 3 N–H and O–H groups in total. The second kappa shape index (κ2) is 6.04. The van der Waals surface area contributed by atoms with E-state index in [1.165, 1.54) is 11.4 Å². The highest BCUT2D eigenvalue weighted by Crippen LogP contribution is 2.32. The Labute approximate surface area is 127 Å². The van der Waals surface area contributed by atoms with Gasteiger partial charge in [0, 0.05) is 6.54 Å². The van der Waals surface area contributed by atoms with Crippen LogP contribution in [0.2, 0.25) is 0 Å².